The Hall–Kier alpha value is -2.34. The highest BCUT2D eigenvalue weighted by Crippen LogP contribution is 2.21. The van der Waals surface area contributed by atoms with E-state index in [0.29, 0.717) is 5.75 Å². The molecule has 0 aliphatic heterocycles. The minimum atomic E-state index is -0.562. The van der Waals surface area contributed by atoms with Crippen molar-refractivity contribution in [3.8, 4) is 11.5 Å². The van der Waals surface area contributed by atoms with Crippen LogP contribution in [0.4, 0.5) is 0 Å². The lowest BCUT2D eigenvalue weighted by Crippen LogP contribution is -3.61. The Labute approximate surface area is 170 Å². The van der Waals surface area contributed by atoms with Crippen LogP contribution in [0.1, 0.15) is 36.7 Å². The van der Waals surface area contributed by atoms with E-state index in [1.807, 2.05) is 12.1 Å². The molecular weight excluding hydrogens is 451 g/mol. The standard InChI is InChI=1S/C23H21IO3/c1-23(2,3)16-8-10-17(11-9-16)24-18-12-14-19(15-13-18)27-22(26)20-6-4-5-7-21(20)25/h4-15H,1-3H3/p+1. The van der Waals surface area contributed by atoms with Crippen LogP contribution in [0.15, 0.2) is 72.8 Å². The molecule has 27 heavy (non-hydrogen) atoms. The number of carbonyl (C=O) groups excluding carboxylic acids is 1. The van der Waals surface area contributed by atoms with Crippen molar-refractivity contribution in [2.24, 2.45) is 0 Å². The molecule has 0 radical (unpaired) electrons. The average molecular weight is 473 g/mol. The van der Waals surface area contributed by atoms with Crippen molar-refractivity contribution < 1.29 is 35.8 Å². The predicted octanol–water partition coefficient (Wildman–Crippen LogP) is 2.04. The summed E-state index contributed by atoms with van der Waals surface area (Å²) in [5.41, 5.74) is 1.66. The molecule has 0 saturated heterocycles. The minimum absolute atomic E-state index is 0.0799. The molecule has 3 rings (SSSR count). The van der Waals surface area contributed by atoms with Gasteiger partial charge in [-0.25, -0.2) is 4.79 Å². The van der Waals surface area contributed by atoms with Crippen molar-refractivity contribution in [2.45, 2.75) is 26.2 Å². The zero-order valence-corrected chi connectivity index (χ0v) is 17.7. The first kappa shape index (κ1) is 19.4. The van der Waals surface area contributed by atoms with Crippen molar-refractivity contribution in [3.05, 3.63) is 91.1 Å². The van der Waals surface area contributed by atoms with Gasteiger partial charge in [0, 0.05) is 0 Å². The molecule has 0 bridgehead atoms. The molecular formula is C23H22IO3+. The van der Waals surface area contributed by atoms with Gasteiger partial charge in [0.2, 0.25) is 0 Å². The molecule has 138 valence electrons. The van der Waals surface area contributed by atoms with E-state index >= 15 is 0 Å². The summed E-state index contributed by atoms with van der Waals surface area (Å²) in [6, 6.07) is 22.8. The largest absolute Gasteiger partial charge is 0.507 e. The number of aromatic hydroxyl groups is 1. The van der Waals surface area contributed by atoms with Gasteiger partial charge in [0.1, 0.15) is 17.1 Å². The van der Waals surface area contributed by atoms with Gasteiger partial charge in [-0.2, -0.15) is 0 Å². The highest BCUT2D eigenvalue weighted by Gasteiger charge is 2.19. The molecule has 0 heterocycles. The molecule has 3 aromatic carbocycles. The third-order valence-corrected chi connectivity index (χ3v) is 6.76. The molecule has 0 atom stereocenters. The molecule has 3 aromatic rings. The van der Waals surface area contributed by atoms with Gasteiger partial charge in [0.05, 0.1) is 0 Å². The Morgan fingerprint density at radius 3 is 1.96 bits per heavy atom. The molecule has 0 aliphatic rings. The fraction of sp³-hybridized carbons (Fsp3) is 0.174. The highest BCUT2D eigenvalue weighted by atomic mass is 127. The molecule has 0 fully saturated rings. The van der Waals surface area contributed by atoms with Gasteiger partial charge >= 0.3 is 27.2 Å². The number of rotatable bonds is 4. The van der Waals surface area contributed by atoms with E-state index in [-0.39, 0.29) is 37.9 Å². The lowest BCUT2D eigenvalue weighted by Gasteiger charge is -2.18. The van der Waals surface area contributed by atoms with Crippen LogP contribution < -0.4 is 25.9 Å². The van der Waals surface area contributed by atoms with Crippen molar-refractivity contribution in [1.82, 2.24) is 0 Å². The fourth-order valence-corrected chi connectivity index (χ4v) is 4.67. The smallest absolute Gasteiger partial charge is 0.357 e. The molecule has 0 amide bonds. The molecule has 0 aliphatic carbocycles. The first-order chi connectivity index (χ1) is 12.8. The van der Waals surface area contributed by atoms with Gasteiger partial charge in [-0.1, -0.05) is 45.0 Å². The van der Waals surface area contributed by atoms with Crippen LogP contribution in [0.3, 0.4) is 0 Å². The molecule has 0 spiro atoms. The summed E-state index contributed by atoms with van der Waals surface area (Å²) in [7, 11) is 0. The lowest BCUT2D eigenvalue weighted by molar-refractivity contribution is -0.597. The summed E-state index contributed by atoms with van der Waals surface area (Å²) in [5, 5.41) is 9.74. The van der Waals surface area contributed by atoms with Crippen LogP contribution in [0, 0.1) is 7.14 Å². The van der Waals surface area contributed by atoms with Crippen LogP contribution in [0.5, 0.6) is 11.5 Å². The highest BCUT2D eigenvalue weighted by molar-refractivity contribution is 5.93. The van der Waals surface area contributed by atoms with Crippen LogP contribution >= 0.6 is 0 Å². The van der Waals surface area contributed by atoms with E-state index in [1.54, 1.807) is 30.3 Å². The molecule has 0 saturated carbocycles. The topological polar surface area (TPSA) is 46.5 Å². The van der Waals surface area contributed by atoms with E-state index < -0.39 is 5.97 Å². The Bertz CT molecular complexity index is 923. The van der Waals surface area contributed by atoms with Gasteiger partial charge in [-0.15, -0.1) is 0 Å². The summed E-state index contributed by atoms with van der Waals surface area (Å²) in [6.45, 7) is 6.64. The van der Waals surface area contributed by atoms with Gasteiger partial charge in [-0.3, -0.25) is 0 Å². The normalized spacial score (nSPS) is 11.2. The van der Waals surface area contributed by atoms with Crippen LogP contribution in [-0.4, -0.2) is 11.1 Å². The van der Waals surface area contributed by atoms with E-state index in [2.05, 4.69) is 45.0 Å². The van der Waals surface area contributed by atoms with Crippen molar-refractivity contribution >= 4 is 5.97 Å². The third-order valence-electron chi connectivity index (χ3n) is 4.08. The van der Waals surface area contributed by atoms with Crippen molar-refractivity contribution in [2.75, 3.05) is 0 Å². The first-order valence-corrected chi connectivity index (χ1v) is 10.8. The number of carbonyl (C=O) groups is 1. The molecule has 0 unspecified atom stereocenters. The Morgan fingerprint density at radius 1 is 0.852 bits per heavy atom. The SMILES string of the molecule is CC(C)(C)c1ccc([I+]c2ccc(OC(=O)c3ccccc3O)cc2)cc1. The van der Waals surface area contributed by atoms with Crippen LogP contribution in [0.25, 0.3) is 0 Å². The Balaban J connectivity index is 1.65. The maximum absolute atomic E-state index is 12.1. The zero-order valence-electron chi connectivity index (χ0n) is 15.6. The summed E-state index contributed by atoms with van der Waals surface area (Å²) in [5.74, 6) is -0.170. The molecule has 3 nitrogen and oxygen atoms in total. The summed E-state index contributed by atoms with van der Waals surface area (Å²) in [6.07, 6.45) is 0. The average Bonchev–Trinajstić information content (AvgIpc) is 2.63. The Kier molecular flexibility index (Phi) is 5.85. The fourth-order valence-electron chi connectivity index (χ4n) is 2.51. The number of benzene rings is 3. The second-order valence-electron chi connectivity index (χ2n) is 7.21. The molecule has 4 heteroatoms. The minimum Gasteiger partial charge on any atom is -0.507 e. The van der Waals surface area contributed by atoms with Crippen LogP contribution in [0.2, 0.25) is 0 Å². The van der Waals surface area contributed by atoms with Gasteiger partial charge < -0.3 is 9.84 Å². The number of phenols is 1. The summed E-state index contributed by atoms with van der Waals surface area (Å²) in [4.78, 5) is 12.1. The van der Waals surface area contributed by atoms with Crippen molar-refractivity contribution in [1.29, 1.82) is 0 Å². The second kappa shape index (κ2) is 8.13. The number of phenolic OH excluding ortho intramolecular Hbond substituents is 1. The van der Waals surface area contributed by atoms with E-state index in [0.717, 1.165) is 0 Å². The van der Waals surface area contributed by atoms with Gasteiger partial charge in [-0.05, 0) is 59.5 Å². The van der Waals surface area contributed by atoms with E-state index in [4.69, 9.17) is 4.74 Å². The van der Waals surface area contributed by atoms with Gasteiger partial charge in [0.25, 0.3) is 0 Å². The summed E-state index contributed by atoms with van der Waals surface area (Å²) >= 11 is -0.285. The number of hydrogen-bond donors (Lipinski definition) is 1. The predicted molar refractivity (Wildman–Crippen MR) is 102 cm³/mol. The maximum Gasteiger partial charge on any atom is 0.357 e. The van der Waals surface area contributed by atoms with E-state index in [1.165, 1.54) is 18.8 Å². The van der Waals surface area contributed by atoms with Crippen molar-refractivity contribution in [3.63, 3.8) is 0 Å². The number of para-hydroxylation sites is 1. The number of hydrogen-bond acceptors (Lipinski definition) is 3. The van der Waals surface area contributed by atoms with E-state index in [9.17, 15) is 9.90 Å². The Morgan fingerprint density at radius 2 is 1.41 bits per heavy atom. The monoisotopic (exact) mass is 473 g/mol. The van der Waals surface area contributed by atoms with Crippen LogP contribution in [-0.2, 0) is 5.41 Å². The number of esters is 1. The molecule has 1 N–H and O–H groups in total. The third kappa shape index (κ3) is 5.10. The first-order valence-electron chi connectivity index (χ1n) is 8.68. The maximum atomic E-state index is 12.1. The summed E-state index contributed by atoms with van der Waals surface area (Å²) < 4.78 is 7.95. The zero-order chi connectivity index (χ0) is 19.4. The van der Waals surface area contributed by atoms with Gasteiger partial charge in [0.15, 0.2) is 7.14 Å². The quantitative estimate of drug-likeness (QED) is 0.359. The lowest BCUT2D eigenvalue weighted by atomic mass is 9.87. The second-order valence-corrected chi connectivity index (χ2v) is 10.2. The number of ether oxygens (including phenoxy) is 1. The molecule has 0 aromatic heterocycles. The number of halogens is 1.